The van der Waals surface area contributed by atoms with Crippen LogP contribution in [0.1, 0.15) is 43.2 Å². The lowest BCUT2D eigenvalue weighted by molar-refractivity contribution is -0.142. The molecule has 2 fully saturated rings. The van der Waals surface area contributed by atoms with Gasteiger partial charge in [-0.25, -0.2) is 0 Å². The molecule has 1 aromatic carbocycles. The Labute approximate surface area is 123 Å². The monoisotopic (exact) mass is 283 g/mol. The summed E-state index contributed by atoms with van der Waals surface area (Å²) in [6.07, 6.45) is 0.397. The fourth-order valence-corrected chi connectivity index (χ4v) is 4.49. The number of hydrogen-bond donors (Lipinski definition) is 0. The van der Waals surface area contributed by atoms with Crippen molar-refractivity contribution in [2.45, 2.75) is 38.1 Å². The average molecular weight is 283 g/mol. The molecule has 108 valence electrons. The molecule has 4 atom stereocenters. The van der Waals surface area contributed by atoms with Crippen LogP contribution in [0.3, 0.4) is 0 Å². The summed E-state index contributed by atoms with van der Waals surface area (Å²) >= 11 is 0. The van der Waals surface area contributed by atoms with Crippen molar-refractivity contribution in [1.29, 1.82) is 0 Å². The van der Waals surface area contributed by atoms with Crippen LogP contribution in [0.25, 0.3) is 0 Å². The van der Waals surface area contributed by atoms with Crippen LogP contribution in [0.15, 0.2) is 24.3 Å². The predicted molar refractivity (Wildman–Crippen MR) is 75.5 cm³/mol. The number of carbonyl (C=O) groups excluding carboxylic acids is 3. The molecule has 1 saturated heterocycles. The summed E-state index contributed by atoms with van der Waals surface area (Å²) in [6, 6.07) is 7.65. The molecule has 4 aliphatic rings. The van der Waals surface area contributed by atoms with Gasteiger partial charge in [0.1, 0.15) is 5.78 Å². The van der Waals surface area contributed by atoms with E-state index in [0.717, 1.165) is 11.1 Å². The Kier molecular flexibility index (Phi) is 2.44. The molecule has 1 aliphatic heterocycles. The fourth-order valence-electron chi connectivity index (χ4n) is 4.49. The molecular weight excluding hydrogens is 266 g/mol. The predicted octanol–water partition coefficient (Wildman–Crippen LogP) is 1.85. The van der Waals surface area contributed by atoms with E-state index in [4.69, 9.17) is 0 Å². The van der Waals surface area contributed by atoms with Gasteiger partial charge in [-0.2, -0.15) is 0 Å². The van der Waals surface area contributed by atoms with Gasteiger partial charge in [0.2, 0.25) is 11.8 Å². The summed E-state index contributed by atoms with van der Waals surface area (Å²) in [5.74, 6) is -1.47. The summed E-state index contributed by atoms with van der Waals surface area (Å²) in [5.41, 5.74) is 2.06. The number of amides is 2. The Morgan fingerprint density at radius 2 is 1.62 bits per heavy atom. The van der Waals surface area contributed by atoms with E-state index >= 15 is 0 Å². The number of imide groups is 1. The zero-order valence-corrected chi connectivity index (χ0v) is 12.1. The Bertz CT molecular complexity index is 678. The number of nitrogens with zero attached hydrogens (tertiary/aromatic N) is 1. The Balaban J connectivity index is 1.91. The molecule has 0 radical (unpaired) electrons. The van der Waals surface area contributed by atoms with Crippen molar-refractivity contribution in [1.82, 2.24) is 4.90 Å². The SMILES string of the molecule is CC(C)N1C(=O)[C@@H]2[C@@H](C1=O)[C@H]1C(=O)C[C@H]2c2ccccc21. The van der Waals surface area contributed by atoms with Crippen LogP contribution in [-0.4, -0.2) is 28.5 Å². The second-order valence-electron chi connectivity index (χ2n) is 6.58. The topological polar surface area (TPSA) is 54.5 Å². The maximum Gasteiger partial charge on any atom is 0.234 e. The van der Waals surface area contributed by atoms with Crippen molar-refractivity contribution >= 4 is 17.6 Å². The van der Waals surface area contributed by atoms with E-state index in [-0.39, 0.29) is 35.5 Å². The van der Waals surface area contributed by atoms with E-state index in [0.29, 0.717) is 6.42 Å². The first-order chi connectivity index (χ1) is 10.0. The molecule has 4 heteroatoms. The van der Waals surface area contributed by atoms with Crippen LogP contribution in [0.2, 0.25) is 0 Å². The van der Waals surface area contributed by atoms with E-state index in [1.165, 1.54) is 4.90 Å². The fraction of sp³-hybridized carbons (Fsp3) is 0.471. The number of likely N-dealkylation sites (tertiary alicyclic amines) is 1. The number of fused-ring (bicyclic) bond motifs is 1. The van der Waals surface area contributed by atoms with Gasteiger partial charge in [0.05, 0.1) is 17.8 Å². The first kappa shape index (κ1) is 12.7. The first-order valence-corrected chi connectivity index (χ1v) is 7.51. The van der Waals surface area contributed by atoms with Gasteiger partial charge in [-0.15, -0.1) is 0 Å². The summed E-state index contributed by atoms with van der Waals surface area (Å²) in [7, 11) is 0. The van der Waals surface area contributed by atoms with E-state index in [1.807, 2.05) is 38.1 Å². The zero-order valence-electron chi connectivity index (χ0n) is 12.1. The van der Waals surface area contributed by atoms with Gasteiger partial charge in [-0.1, -0.05) is 24.3 Å². The molecule has 2 bridgehead atoms. The van der Waals surface area contributed by atoms with Gasteiger partial charge in [0.25, 0.3) is 0 Å². The Morgan fingerprint density at radius 3 is 2.29 bits per heavy atom. The second-order valence-corrected chi connectivity index (χ2v) is 6.58. The van der Waals surface area contributed by atoms with Gasteiger partial charge in [-0.3, -0.25) is 19.3 Å². The molecule has 0 N–H and O–H groups in total. The second kappa shape index (κ2) is 4.03. The van der Waals surface area contributed by atoms with E-state index in [2.05, 4.69) is 0 Å². The highest BCUT2D eigenvalue weighted by molar-refractivity contribution is 6.11. The molecule has 21 heavy (non-hydrogen) atoms. The normalized spacial score (nSPS) is 33.7. The van der Waals surface area contributed by atoms with Gasteiger partial charge in [0.15, 0.2) is 0 Å². The van der Waals surface area contributed by atoms with Crippen molar-refractivity contribution in [2.75, 3.05) is 0 Å². The van der Waals surface area contributed by atoms with E-state index in [9.17, 15) is 14.4 Å². The van der Waals surface area contributed by atoms with Crippen LogP contribution in [0.4, 0.5) is 0 Å². The maximum absolute atomic E-state index is 12.7. The number of rotatable bonds is 1. The molecule has 3 aliphatic carbocycles. The molecule has 0 unspecified atom stereocenters. The van der Waals surface area contributed by atoms with Gasteiger partial charge in [0, 0.05) is 18.4 Å². The van der Waals surface area contributed by atoms with Crippen molar-refractivity contribution < 1.29 is 14.4 Å². The molecule has 0 aromatic heterocycles. The molecule has 5 rings (SSSR count). The van der Waals surface area contributed by atoms with Crippen LogP contribution < -0.4 is 0 Å². The minimum absolute atomic E-state index is 0.0861. The number of carbonyl (C=O) groups is 3. The number of Topliss-reactive ketones (excluding diaryl/α,β-unsaturated/α-hetero) is 1. The minimum atomic E-state index is -0.471. The average Bonchev–Trinajstić information content (AvgIpc) is 2.72. The van der Waals surface area contributed by atoms with Crippen molar-refractivity contribution in [3.63, 3.8) is 0 Å². The molecule has 4 nitrogen and oxygen atoms in total. The number of benzene rings is 1. The van der Waals surface area contributed by atoms with E-state index in [1.54, 1.807) is 0 Å². The molecule has 1 aromatic rings. The summed E-state index contributed by atoms with van der Waals surface area (Å²) < 4.78 is 0. The lowest BCUT2D eigenvalue weighted by Crippen LogP contribution is -2.44. The number of hydrogen-bond acceptors (Lipinski definition) is 3. The zero-order chi connectivity index (χ0) is 14.9. The highest BCUT2D eigenvalue weighted by Gasteiger charge is 2.62. The first-order valence-electron chi connectivity index (χ1n) is 7.51. The van der Waals surface area contributed by atoms with Crippen LogP contribution in [0, 0.1) is 11.8 Å². The third kappa shape index (κ3) is 1.42. The number of ketones is 1. The standard InChI is InChI=1S/C17H17NO3/c1-8(2)18-16(20)14-11-7-12(19)13(15(14)17(18)21)10-6-4-3-5-9(10)11/h3-6,8,11,13-15H,7H2,1-2H3/t11-,13+,14-,15-/m0/s1. The van der Waals surface area contributed by atoms with Crippen molar-refractivity contribution in [3.8, 4) is 0 Å². The summed E-state index contributed by atoms with van der Waals surface area (Å²) in [4.78, 5) is 39.2. The molecule has 1 heterocycles. The summed E-state index contributed by atoms with van der Waals surface area (Å²) in [5, 5.41) is 0. The molecule has 0 spiro atoms. The third-order valence-corrected chi connectivity index (χ3v) is 5.24. The van der Waals surface area contributed by atoms with Crippen LogP contribution >= 0.6 is 0 Å². The van der Waals surface area contributed by atoms with Crippen molar-refractivity contribution in [3.05, 3.63) is 35.4 Å². The minimum Gasteiger partial charge on any atom is -0.299 e. The van der Waals surface area contributed by atoms with Gasteiger partial charge >= 0.3 is 0 Å². The van der Waals surface area contributed by atoms with Crippen molar-refractivity contribution in [2.24, 2.45) is 11.8 Å². The highest BCUT2D eigenvalue weighted by atomic mass is 16.2. The largest absolute Gasteiger partial charge is 0.299 e. The lowest BCUT2D eigenvalue weighted by Gasteiger charge is -2.43. The molecule has 2 amide bonds. The van der Waals surface area contributed by atoms with E-state index < -0.39 is 11.8 Å². The third-order valence-electron chi connectivity index (χ3n) is 5.24. The Hall–Kier alpha value is -1.97. The highest BCUT2D eigenvalue weighted by Crippen LogP contribution is 2.57. The summed E-state index contributed by atoms with van der Waals surface area (Å²) in [6.45, 7) is 3.70. The lowest BCUT2D eigenvalue weighted by atomic mass is 9.56. The quantitative estimate of drug-likeness (QED) is 0.739. The van der Waals surface area contributed by atoms with Gasteiger partial charge in [-0.05, 0) is 25.0 Å². The van der Waals surface area contributed by atoms with Crippen LogP contribution in [-0.2, 0) is 14.4 Å². The molecule has 1 saturated carbocycles. The smallest absolute Gasteiger partial charge is 0.234 e. The van der Waals surface area contributed by atoms with Crippen LogP contribution in [0.5, 0.6) is 0 Å². The van der Waals surface area contributed by atoms with Gasteiger partial charge < -0.3 is 0 Å². The Morgan fingerprint density at radius 1 is 1.00 bits per heavy atom. The molecular formula is C17H17NO3. The maximum atomic E-state index is 12.7.